The summed E-state index contributed by atoms with van der Waals surface area (Å²) in [6.07, 6.45) is 6.57. The molecule has 0 heteroatoms. The molecule has 0 aromatic heterocycles. The van der Waals surface area contributed by atoms with Crippen LogP contribution < -0.4 is 0 Å². The van der Waals surface area contributed by atoms with Crippen molar-refractivity contribution in [3.63, 3.8) is 0 Å². The third-order valence-electron chi connectivity index (χ3n) is 2.16. The molecular formula is C8H15. The average Bonchev–Trinajstić information content (AvgIpc) is 2.53. The molecule has 0 aromatic carbocycles. The second-order valence-electron chi connectivity index (χ2n) is 2.71. The van der Waals surface area contributed by atoms with E-state index in [2.05, 4.69) is 20.3 Å². The summed E-state index contributed by atoms with van der Waals surface area (Å²) in [5.41, 5.74) is 0. The van der Waals surface area contributed by atoms with Crippen LogP contribution in [-0.4, -0.2) is 0 Å². The minimum absolute atomic E-state index is 1.00. The summed E-state index contributed by atoms with van der Waals surface area (Å²) in [6.45, 7) is 4.58. The molecule has 1 aliphatic rings. The molecular weight excluding hydrogens is 96.1 g/mol. The van der Waals surface area contributed by atoms with Gasteiger partial charge in [-0.25, -0.2) is 0 Å². The Balaban J connectivity index is 2.15. The van der Waals surface area contributed by atoms with Crippen molar-refractivity contribution in [3.8, 4) is 0 Å². The van der Waals surface area contributed by atoms with Crippen molar-refractivity contribution in [3.05, 3.63) is 6.42 Å². The van der Waals surface area contributed by atoms with Gasteiger partial charge in [0.05, 0.1) is 0 Å². The van der Waals surface area contributed by atoms with Crippen LogP contribution in [0.5, 0.6) is 0 Å². The third-order valence-corrected chi connectivity index (χ3v) is 2.16. The van der Waals surface area contributed by atoms with Gasteiger partial charge in [-0.15, -0.1) is 0 Å². The summed E-state index contributed by atoms with van der Waals surface area (Å²) in [6, 6.07) is 0. The largest absolute Gasteiger partial charge is 0.0651 e. The smallest absolute Gasteiger partial charge is 0.0349 e. The lowest BCUT2D eigenvalue weighted by atomic mass is 9.98. The molecule has 47 valence electrons. The molecule has 0 heterocycles. The molecule has 8 heavy (non-hydrogen) atoms. The third kappa shape index (κ3) is 1.24. The van der Waals surface area contributed by atoms with Gasteiger partial charge in [0.15, 0.2) is 0 Å². The van der Waals surface area contributed by atoms with E-state index in [-0.39, 0.29) is 0 Å². The molecule has 1 radical (unpaired) electrons. The first-order valence-corrected chi connectivity index (χ1v) is 3.71. The maximum Gasteiger partial charge on any atom is -0.0349 e. The average molecular weight is 111 g/mol. The Kier molecular flexibility index (Phi) is 1.93. The van der Waals surface area contributed by atoms with E-state index < -0.39 is 0 Å². The van der Waals surface area contributed by atoms with Gasteiger partial charge in [-0.2, -0.15) is 0 Å². The van der Waals surface area contributed by atoms with E-state index in [1.54, 1.807) is 0 Å². The first kappa shape index (κ1) is 6.12. The summed E-state index contributed by atoms with van der Waals surface area (Å²) < 4.78 is 0. The molecule has 1 unspecified atom stereocenters. The minimum Gasteiger partial charge on any atom is -0.0651 e. The topological polar surface area (TPSA) is 0 Å². The van der Waals surface area contributed by atoms with Crippen molar-refractivity contribution < 1.29 is 0 Å². The van der Waals surface area contributed by atoms with E-state index >= 15 is 0 Å². The Hall–Kier alpha value is 0. The van der Waals surface area contributed by atoms with Crippen molar-refractivity contribution in [1.29, 1.82) is 0 Å². The van der Waals surface area contributed by atoms with Crippen LogP contribution in [0.3, 0.4) is 0 Å². The van der Waals surface area contributed by atoms with Crippen molar-refractivity contribution in [2.45, 2.75) is 33.1 Å². The van der Waals surface area contributed by atoms with Gasteiger partial charge in [0.1, 0.15) is 0 Å². The molecule has 1 aliphatic carbocycles. The summed E-state index contributed by atoms with van der Waals surface area (Å²) in [5.74, 6) is 2.01. The Bertz CT molecular complexity index is 58.4. The Morgan fingerprint density at radius 2 is 2.00 bits per heavy atom. The SMILES string of the molecule is CCC(CC)C1[CH]C1. The Morgan fingerprint density at radius 3 is 2.12 bits per heavy atom. The fraction of sp³-hybridized carbons (Fsp3) is 0.875. The van der Waals surface area contributed by atoms with Crippen molar-refractivity contribution >= 4 is 0 Å². The highest BCUT2D eigenvalue weighted by molar-refractivity contribution is 4.97. The predicted octanol–water partition coefficient (Wildman–Crippen LogP) is 2.65. The fourth-order valence-electron chi connectivity index (χ4n) is 1.36. The van der Waals surface area contributed by atoms with Crippen LogP contribution in [0.1, 0.15) is 33.1 Å². The zero-order chi connectivity index (χ0) is 5.98. The predicted molar refractivity (Wildman–Crippen MR) is 36.5 cm³/mol. The maximum atomic E-state index is 2.43. The van der Waals surface area contributed by atoms with Crippen LogP contribution in [0.25, 0.3) is 0 Å². The molecule has 1 atom stereocenters. The monoisotopic (exact) mass is 111 g/mol. The van der Waals surface area contributed by atoms with Gasteiger partial charge in [-0.05, 0) is 24.7 Å². The van der Waals surface area contributed by atoms with Gasteiger partial charge in [-0.1, -0.05) is 26.7 Å². The zero-order valence-electron chi connectivity index (χ0n) is 5.85. The van der Waals surface area contributed by atoms with Gasteiger partial charge in [-0.3, -0.25) is 0 Å². The second-order valence-corrected chi connectivity index (χ2v) is 2.71. The minimum atomic E-state index is 1.00. The molecule has 1 rings (SSSR count). The molecule has 0 saturated heterocycles. The van der Waals surface area contributed by atoms with Gasteiger partial charge in [0.2, 0.25) is 0 Å². The Labute approximate surface area is 52.3 Å². The lowest BCUT2D eigenvalue weighted by molar-refractivity contribution is 0.444. The number of hydrogen-bond donors (Lipinski definition) is 0. The molecule has 1 saturated carbocycles. The number of hydrogen-bond acceptors (Lipinski definition) is 0. The van der Waals surface area contributed by atoms with Gasteiger partial charge >= 0.3 is 0 Å². The molecule has 1 fully saturated rings. The van der Waals surface area contributed by atoms with Crippen LogP contribution >= 0.6 is 0 Å². The van der Waals surface area contributed by atoms with E-state index in [4.69, 9.17) is 0 Å². The summed E-state index contributed by atoms with van der Waals surface area (Å²) in [4.78, 5) is 0. The number of rotatable bonds is 3. The van der Waals surface area contributed by atoms with Crippen LogP contribution in [0.15, 0.2) is 0 Å². The first-order valence-electron chi connectivity index (χ1n) is 3.71. The van der Waals surface area contributed by atoms with Crippen LogP contribution in [0.4, 0.5) is 0 Å². The van der Waals surface area contributed by atoms with Crippen molar-refractivity contribution in [2.75, 3.05) is 0 Å². The summed E-state index contributed by atoms with van der Waals surface area (Å²) in [5, 5.41) is 0. The lowest BCUT2D eigenvalue weighted by Crippen LogP contribution is -1.97. The molecule has 0 aliphatic heterocycles. The highest BCUT2D eigenvalue weighted by atomic mass is 14.3. The maximum absolute atomic E-state index is 2.43. The zero-order valence-corrected chi connectivity index (χ0v) is 5.85. The molecule has 0 spiro atoms. The standard InChI is InChI=1S/C8H15/c1-3-7(4-2)8-5-6-8/h5,7-8H,3-4,6H2,1-2H3. The highest BCUT2D eigenvalue weighted by Crippen LogP contribution is 2.38. The molecule has 0 bridgehead atoms. The van der Waals surface area contributed by atoms with E-state index in [1.807, 2.05) is 0 Å². The van der Waals surface area contributed by atoms with Crippen LogP contribution in [0, 0.1) is 18.3 Å². The normalized spacial score (nSPS) is 19.9. The molecule has 0 amide bonds. The Morgan fingerprint density at radius 1 is 1.50 bits per heavy atom. The molecule has 0 N–H and O–H groups in total. The van der Waals surface area contributed by atoms with Gasteiger partial charge in [0, 0.05) is 0 Å². The first-order chi connectivity index (χ1) is 3.88. The fourth-order valence-corrected chi connectivity index (χ4v) is 1.36. The van der Waals surface area contributed by atoms with Crippen molar-refractivity contribution in [1.82, 2.24) is 0 Å². The quantitative estimate of drug-likeness (QED) is 0.525. The lowest BCUT2D eigenvalue weighted by Gasteiger charge is -2.07. The van der Waals surface area contributed by atoms with Crippen LogP contribution in [0.2, 0.25) is 0 Å². The van der Waals surface area contributed by atoms with Gasteiger partial charge in [0.25, 0.3) is 0 Å². The second kappa shape index (κ2) is 2.52. The van der Waals surface area contributed by atoms with Crippen LogP contribution in [-0.2, 0) is 0 Å². The molecule has 0 nitrogen and oxygen atoms in total. The van der Waals surface area contributed by atoms with Crippen molar-refractivity contribution in [2.24, 2.45) is 11.8 Å². The van der Waals surface area contributed by atoms with Gasteiger partial charge < -0.3 is 0 Å². The molecule has 0 aromatic rings. The van der Waals surface area contributed by atoms with E-state index in [9.17, 15) is 0 Å². The summed E-state index contributed by atoms with van der Waals surface area (Å²) in [7, 11) is 0. The van der Waals surface area contributed by atoms with E-state index in [1.165, 1.54) is 19.3 Å². The van der Waals surface area contributed by atoms with E-state index in [0.717, 1.165) is 11.8 Å². The summed E-state index contributed by atoms with van der Waals surface area (Å²) >= 11 is 0. The highest BCUT2D eigenvalue weighted by Gasteiger charge is 2.28. The van der Waals surface area contributed by atoms with E-state index in [0.29, 0.717) is 0 Å².